The average Bonchev–Trinajstić information content (AvgIpc) is 2.94. The number of hydrogen-bond donors (Lipinski definition) is 2. The van der Waals surface area contributed by atoms with Gasteiger partial charge in [-0.2, -0.15) is 0 Å². The molecule has 0 bridgehead atoms. The molecule has 0 saturated carbocycles. The molecule has 0 fully saturated rings. The smallest absolute Gasteiger partial charge is 0.323 e. The Morgan fingerprint density at radius 3 is 2.52 bits per heavy atom. The van der Waals surface area contributed by atoms with Crippen LogP contribution < -0.4 is 0 Å². The fourth-order valence-corrected chi connectivity index (χ4v) is 2.10. The predicted molar refractivity (Wildman–Crippen MR) is 79.8 cm³/mol. The number of nitrogens with zero attached hydrogens (tertiary/aromatic N) is 1. The van der Waals surface area contributed by atoms with Gasteiger partial charge in [-0.15, -0.1) is 0 Å². The summed E-state index contributed by atoms with van der Waals surface area (Å²) in [7, 11) is 1.50. The highest BCUT2D eigenvalue weighted by Crippen LogP contribution is 2.18. The number of hydrogen-bond acceptors (Lipinski definition) is 2. The number of H-pyrrole nitrogens is 1. The summed E-state index contributed by atoms with van der Waals surface area (Å²) in [5, 5.41) is 8.65. The molecule has 0 aliphatic rings. The molecule has 1 amide bonds. The first-order valence-electron chi connectivity index (χ1n) is 6.75. The Morgan fingerprint density at radius 2 is 1.86 bits per heavy atom. The molecular weight excluding hydrogens is 268 g/mol. The van der Waals surface area contributed by atoms with Gasteiger partial charge in [0.05, 0.1) is 0 Å². The molecule has 21 heavy (non-hydrogen) atoms. The Kier molecular flexibility index (Phi) is 4.77. The van der Waals surface area contributed by atoms with Crippen molar-refractivity contribution in [3.63, 3.8) is 0 Å². The van der Waals surface area contributed by atoms with Crippen LogP contribution in [0.2, 0.25) is 0 Å². The van der Waals surface area contributed by atoms with Crippen LogP contribution in [0.5, 0.6) is 0 Å². The van der Waals surface area contributed by atoms with Crippen LogP contribution >= 0.6 is 0 Å². The third-order valence-corrected chi connectivity index (χ3v) is 3.24. The van der Waals surface area contributed by atoms with Gasteiger partial charge in [0.2, 0.25) is 5.91 Å². The summed E-state index contributed by atoms with van der Waals surface area (Å²) in [5.41, 5.74) is 3.07. The Hall–Kier alpha value is -2.56. The minimum Gasteiger partial charge on any atom is -0.480 e. The quantitative estimate of drug-likeness (QED) is 0.854. The lowest BCUT2D eigenvalue weighted by Crippen LogP contribution is -2.32. The minimum atomic E-state index is -1.00. The molecule has 1 heterocycles. The second-order valence-electron chi connectivity index (χ2n) is 4.91. The van der Waals surface area contributed by atoms with Crippen molar-refractivity contribution in [3.05, 3.63) is 48.2 Å². The number of rotatable bonds is 6. The first-order chi connectivity index (χ1) is 10.1. The molecule has 0 unspecified atom stereocenters. The zero-order valence-electron chi connectivity index (χ0n) is 11.9. The van der Waals surface area contributed by atoms with E-state index in [0.717, 1.165) is 17.0 Å². The molecule has 2 aromatic rings. The fraction of sp³-hybridized carbons (Fsp3) is 0.250. The van der Waals surface area contributed by atoms with E-state index < -0.39 is 5.97 Å². The van der Waals surface area contributed by atoms with Crippen molar-refractivity contribution in [2.75, 3.05) is 13.6 Å². The van der Waals surface area contributed by atoms with Crippen molar-refractivity contribution in [2.24, 2.45) is 0 Å². The topological polar surface area (TPSA) is 73.4 Å². The number of carbonyl (C=O) groups is 2. The molecule has 0 saturated heterocycles. The van der Waals surface area contributed by atoms with Crippen molar-refractivity contribution >= 4 is 11.9 Å². The number of likely N-dealkylation sites (N-methyl/N-ethyl adjacent to an activating group) is 1. The highest BCUT2D eigenvalue weighted by Gasteiger charge is 2.12. The monoisotopic (exact) mass is 286 g/mol. The molecule has 2 N–H and O–H groups in total. The summed E-state index contributed by atoms with van der Waals surface area (Å²) < 4.78 is 0. The molecule has 0 radical (unpaired) electrons. The van der Waals surface area contributed by atoms with Crippen LogP contribution in [-0.4, -0.2) is 40.5 Å². The number of aromatic amines is 1. The lowest BCUT2D eigenvalue weighted by Gasteiger charge is -2.13. The van der Waals surface area contributed by atoms with Crippen LogP contribution in [0.25, 0.3) is 11.3 Å². The van der Waals surface area contributed by atoms with Gasteiger partial charge in [-0.1, -0.05) is 30.3 Å². The first kappa shape index (κ1) is 14.8. The van der Waals surface area contributed by atoms with E-state index in [9.17, 15) is 9.59 Å². The Morgan fingerprint density at radius 1 is 1.14 bits per heavy atom. The second kappa shape index (κ2) is 6.74. The van der Waals surface area contributed by atoms with Crippen molar-refractivity contribution in [3.8, 4) is 11.3 Å². The summed E-state index contributed by atoms with van der Waals surface area (Å²) in [6, 6.07) is 13.9. The van der Waals surface area contributed by atoms with Crippen molar-refractivity contribution in [2.45, 2.75) is 12.8 Å². The molecule has 2 rings (SSSR count). The second-order valence-corrected chi connectivity index (χ2v) is 4.91. The Bertz CT molecular complexity index is 619. The number of aromatic nitrogens is 1. The molecule has 0 aliphatic heterocycles. The SMILES string of the molecule is CN(CC(=O)O)C(=O)CCc1ccc(-c2ccccc2)[nH]1. The third-order valence-electron chi connectivity index (χ3n) is 3.24. The maximum absolute atomic E-state index is 11.8. The summed E-state index contributed by atoms with van der Waals surface area (Å²) in [4.78, 5) is 26.8. The number of carbonyl (C=O) groups excluding carboxylic acids is 1. The van der Waals surface area contributed by atoms with Gasteiger partial charge in [-0.05, 0) is 24.1 Å². The van der Waals surface area contributed by atoms with Gasteiger partial charge < -0.3 is 15.0 Å². The van der Waals surface area contributed by atoms with E-state index in [1.807, 2.05) is 42.5 Å². The number of nitrogens with one attached hydrogen (secondary N) is 1. The molecule has 0 aliphatic carbocycles. The molecule has 0 spiro atoms. The van der Waals surface area contributed by atoms with Gasteiger partial charge in [0, 0.05) is 24.9 Å². The number of benzene rings is 1. The largest absolute Gasteiger partial charge is 0.480 e. The van der Waals surface area contributed by atoms with Gasteiger partial charge in [0.25, 0.3) is 0 Å². The third kappa shape index (κ3) is 4.21. The standard InChI is InChI=1S/C16H18N2O3/c1-18(11-16(20)21)15(19)10-8-13-7-9-14(17-13)12-5-3-2-4-6-12/h2-7,9,17H,8,10-11H2,1H3,(H,20,21). The molecule has 0 atom stereocenters. The van der Waals surface area contributed by atoms with Crippen LogP contribution in [0.1, 0.15) is 12.1 Å². The number of aryl methyl sites for hydroxylation is 1. The maximum Gasteiger partial charge on any atom is 0.323 e. The van der Waals surface area contributed by atoms with Crippen LogP contribution in [0.3, 0.4) is 0 Å². The lowest BCUT2D eigenvalue weighted by molar-refractivity contribution is -0.143. The van der Waals surface area contributed by atoms with Crippen LogP contribution in [-0.2, 0) is 16.0 Å². The maximum atomic E-state index is 11.8. The van der Waals surface area contributed by atoms with E-state index in [1.54, 1.807) is 0 Å². The van der Waals surface area contributed by atoms with Crippen LogP contribution in [0, 0.1) is 0 Å². The van der Waals surface area contributed by atoms with Crippen LogP contribution in [0.15, 0.2) is 42.5 Å². The normalized spacial score (nSPS) is 10.3. The van der Waals surface area contributed by atoms with Crippen LogP contribution in [0.4, 0.5) is 0 Å². The molecule has 5 heteroatoms. The predicted octanol–water partition coefficient (Wildman–Crippen LogP) is 2.16. The number of carboxylic acid groups (broad SMARTS) is 1. The molecule has 5 nitrogen and oxygen atoms in total. The highest BCUT2D eigenvalue weighted by molar-refractivity contribution is 5.81. The average molecular weight is 286 g/mol. The molecule has 110 valence electrons. The van der Waals surface area contributed by atoms with Gasteiger partial charge in [-0.3, -0.25) is 9.59 Å². The zero-order chi connectivity index (χ0) is 15.2. The first-order valence-corrected chi connectivity index (χ1v) is 6.75. The van der Waals surface area contributed by atoms with Gasteiger partial charge in [-0.25, -0.2) is 0 Å². The zero-order valence-corrected chi connectivity index (χ0v) is 11.9. The van der Waals surface area contributed by atoms with E-state index in [-0.39, 0.29) is 12.5 Å². The minimum absolute atomic E-state index is 0.173. The summed E-state index contributed by atoms with van der Waals surface area (Å²) in [6.45, 7) is -0.265. The van der Waals surface area contributed by atoms with Gasteiger partial charge >= 0.3 is 5.97 Å². The Balaban J connectivity index is 1.91. The van der Waals surface area contributed by atoms with E-state index in [2.05, 4.69) is 4.98 Å². The van der Waals surface area contributed by atoms with E-state index in [0.29, 0.717) is 12.8 Å². The van der Waals surface area contributed by atoms with E-state index >= 15 is 0 Å². The van der Waals surface area contributed by atoms with E-state index in [1.165, 1.54) is 11.9 Å². The number of carboxylic acids is 1. The summed E-state index contributed by atoms with van der Waals surface area (Å²) in [5.74, 6) is -1.18. The molecule has 1 aromatic carbocycles. The molecular formula is C16H18N2O3. The fourth-order valence-electron chi connectivity index (χ4n) is 2.10. The number of aliphatic carboxylic acids is 1. The van der Waals surface area contributed by atoms with E-state index in [4.69, 9.17) is 5.11 Å². The van der Waals surface area contributed by atoms with Gasteiger partial charge in [0.1, 0.15) is 6.54 Å². The number of amides is 1. The van der Waals surface area contributed by atoms with Crippen molar-refractivity contribution in [1.29, 1.82) is 0 Å². The molecule has 1 aromatic heterocycles. The summed E-state index contributed by atoms with van der Waals surface area (Å²) >= 11 is 0. The lowest BCUT2D eigenvalue weighted by atomic mass is 10.2. The van der Waals surface area contributed by atoms with Gasteiger partial charge in [0.15, 0.2) is 0 Å². The Labute approximate surface area is 123 Å². The van der Waals surface area contributed by atoms with Crippen molar-refractivity contribution < 1.29 is 14.7 Å². The van der Waals surface area contributed by atoms with Crippen molar-refractivity contribution in [1.82, 2.24) is 9.88 Å². The summed E-state index contributed by atoms with van der Waals surface area (Å²) in [6.07, 6.45) is 0.855. The highest BCUT2D eigenvalue weighted by atomic mass is 16.4.